The van der Waals surface area contributed by atoms with E-state index in [1.54, 1.807) is 0 Å². The number of anilines is 2. The zero-order valence-electron chi connectivity index (χ0n) is 13.3. The van der Waals surface area contributed by atoms with Gasteiger partial charge in [-0.1, -0.05) is 29.8 Å². The van der Waals surface area contributed by atoms with Crippen LogP contribution in [0.1, 0.15) is 11.1 Å². The van der Waals surface area contributed by atoms with Crippen LogP contribution < -0.4 is 5.32 Å². The van der Waals surface area contributed by atoms with Gasteiger partial charge in [-0.05, 0) is 48.7 Å². The van der Waals surface area contributed by atoms with Gasteiger partial charge in [-0.2, -0.15) is 0 Å². The maximum atomic E-state index is 8.96. The quantitative estimate of drug-likeness (QED) is 0.724. The normalized spacial score (nSPS) is 10.6. The Morgan fingerprint density at radius 2 is 1.83 bits per heavy atom. The summed E-state index contributed by atoms with van der Waals surface area (Å²) >= 11 is 6.10. The Kier molecular flexibility index (Phi) is 5.08. The van der Waals surface area contributed by atoms with Crippen molar-refractivity contribution < 1.29 is 5.11 Å². The highest BCUT2D eigenvalue weighted by atomic mass is 35.5. The fourth-order valence-electron chi connectivity index (χ4n) is 2.47. The minimum atomic E-state index is 0.154. The highest BCUT2D eigenvalue weighted by Gasteiger charge is 2.06. The molecule has 0 saturated heterocycles. The van der Waals surface area contributed by atoms with E-state index in [2.05, 4.69) is 15.3 Å². The van der Waals surface area contributed by atoms with E-state index < -0.39 is 0 Å². The van der Waals surface area contributed by atoms with Gasteiger partial charge in [-0.25, -0.2) is 9.97 Å². The zero-order chi connectivity index (χ0) is 16.9. The molecule has 0 aliphatic rings. The molecule has 0 bridgehead atoms. The van der Waals surface area contributed by atoms with Crippen molar-refractivity contribution in [2.45, 2.75) is 13.3 Å². The Morgan fingerprint density at radius 3 is 2.58 bits per heavy atom. The summed E-state index contributed by atoms with van der Waals surface area (Å²) in [6, 6.07) is 15.6. The van der Waals surface area contributed by atoms with Gasteiger partial charge in [-0.3, -0.25) is 0 Å². The lowest BCUT2D eigenvalue weighted by Gasteiger charge is -2.09. The molecule has 1 heterocycles. The van der Waals surface area contributed by atoms with Crippen molar-refractivity contribution in [3.63, 3.8) is 0 Å². The largest absolute Gasteiger partial charge is 0.396 e. The van der Waals surface area contributed by atoms with E-state index in [0.717, 1.165) is 28.1 Å². The topological polar surface area (TPSA) is 58.0 Å². The summed E-state index contributed by atoms with van der Waals surface area (Å²) in [6.45, 7) is 2.18. The van der Waals surface area contributed by atoms with Crippen molar-refractivity contribution >= 4 is 23.1 Å². The van der Waals surface area contributed by atoms with Gasteiger partial charge in [0, 0.05) is 28.9 Å². The third-order valence-electron chi connectivity index (χ3n) is 3.77. The molecule has 3 aromatic rings. The van der Waals surface area contributed by atoms with Gasteiger partial charge in [0.2, 0.25) is 0 Å². The van der Waals surface area contributed by atoms with E-state index in [1.807, 2.05) is 55.5 Å². The van der Waals surface area contributed by atoms with E-state index in [1.165, 1.54) is 6.33 Å². The number of aromatic nitrogens is 2. The van der Waals surface area contributed by atoms with Gasteiger partial charge < -0.3 is 10.4 Å². The van der Waals surface area contributed by atoms with Crippen molar-refractivity contribution in [1.82, 2.24) is 9.97 Å². The van der Waals surface area contributed by atoms with Gasteiger partial charge in [0.15, 0.2) is 0 Å². The fourth-order valence-corrected chi connectivity index (χ4v) is 2.65. The summed E-state index contributed by atoms with van der Waals surface area (Å²) in [4.78, 5) is 8.63. The number of rotatable bonds is 5. The van der Waals surface area contributed by atoms with E-state index in [0.29, 0.717) is 17.3 Å². The molecule has 4 nitrogen and oxygen atoms in total. The van der Waals surface area contributed by atoms with Crippen LogP contribution in [0.25, 0.3) is 11.3 Å². The van der Waals surface area contributed by atoms with Crippen molar-refractivity contribution in [3.8, 4) is 11.3 Å². The number of nitrogens with zero attached hydrogens (tertiary/aromatic N) is 2. The molecule has 0 spiro atoms. The second-order valence-electron chi connectivity index (χ2n) is 5.54. The molecule has 0 aliphatic carbocycles. The first kappa shape index (κ1) is 16.4. The van der Waals surface area contributed by atoms with Gasteiger partial charge in [0.05, 0.1) is 5.69 Å². The molecule has 24 heavy (non-hydrogen) atoms. The molecule has 2 N–H and O–H groups in total. The first-order valence-electron chi connectivity index (χ1n) is 7.71. The molecule has 0 aliphatic heterocycles. The van der Waals surface area contributed by atoms with Crippen LogP contribution in [-0.4, -0.2) is 21.7 Å². The van der Waals surface area contributed by atoms with Crippen LogP contribution in [0.3, 0.4) is 0 Å². The summed E-state index contributed by atoms with van der Waals surface area (Å²) in [7, 11) is 0. The number of aryl methyl sites for hydroxylation is 1. The highest BCUT2D eigenvalue weighted by Crippen LogP contribution is 2.26. The van der Waals surface area contributed by atoms with Crippen molar-refractivity contribution in [2.75, 3.05) is 11.9 Å². The van der Waals surface area contributed by atoms with Crippen LogP contribution in [0.4, 0.5) is 11.5 Å². The minimum Gasteiger partial charge on any atom is -0.396 e. The predicted octanol–water partition coefficient (Wildman–Crippen LogP) is 4.38. The number of aliphatic hydroxyl groups excluding tert-OH is 1. The van der Waals surface area contributed by atoms with E-state index >= 15 is 0 Å². The van der Waals surface area contributed by atoms with Crippen LogP contribution in [0, 0.1) is 6.92 Å². The molecule has 1 aromatic heterocycles. The molecule has 0 saturated carbocycles. The Labute approximate surface area is 146 Å². The summed E-state index contributed by atoms with van der Waals surface area (Å²) in [5, 5.41) is 12.9. The maximum Gasteiger partial charge on any atom is 0.134 e. The molecule has 2 aromatic carbocycles. The first-order chi connectivity index (χ1) is 11.7. The van der Waals surface area contributed by atoms with Gasteiger partial charge in [0.25, 0.3) is 0 Å². The monoisotopic (exact) mass is 339 g/mol. The second-order valence-corrected chi connectivity index (χ2v) is 5.98. The van der Waals surface area contributed by atoms with Crippen LogP contribution >= 0.6 is 11.6 Å². The zero-order valence-corrected chi connectivity index (χ0v) is 14.1. The molecule has 5 heteroatoms. The number of hydrogen-bond donors (Lipinski definition) is 2. The number of hydrogen-bond acceptors (Lipinski definition) is 4. The Bertz CT molecular complexity index is 834. The number of aliphatic hydroxyl groups is 1. The van der Waals surface area contributed by atoms with Crippen molar-refractivity contribution in [3.05, 3.63) is 71.0 Å². The van der Waals surface area contributed by atoms with E-state index in [9.17, 15) is 0 Å². The summed E-state index contributed by atoms with van der Waals surface area (Å²) in [5.41, 5.74) is 4.96. The predicted molar refractivity (Wildman–Crippen MR) is 97.7 cm³/mol. The van der Waals surface area contributed by atoms with Gasteiger partial charge >= 0.3 is 0 Å². The van der Waals surface area contributed by atoms with Crippen LogP contribution in [-0.2, 0) is 6.42 Å². The summed E-state index contributed by atoms with van der Waals surface area (Å²) in [5.74, 6) is 0.717. The Hall–Kier alpha value is -2.43. The summed E-state index contributed by atoms with van der Waals surface area (Å²) < 4.78 is 0. The van der Waals surface area contributed by atoms with Crippen LogP contribution in [0.5, 0.6) is 0 Å². The highest BCUT2D eigenvalue weighted by molar-refractivity contribution is 6.30. The smallest absolute Gasteiger partial charge is 0.134 e. The molecule has 0 unspecified atom stereocenters. The van der Waals surface area contributed by atoms with Gasteiger partial charge in [-0.15, -0.1) is 0 Å². The SMILES string of the molecule is Cc1ccc(Cl)cc1-c1cc(Nc2ccc(CCO)cc2)ncn1. The minimum absolute atomic E-state index is 0.154. The Morgan fingerprint density at radius 1 is 1.04 bits per heavy atom. The van der Waals surface area contributed by atoms with Crippen molar-refractivity contribution in [2.24, 2.45) is 0 Å². The third-order valence-corrected chi connectivity index (χ3v) is 4.00. The second kappa shape index (κ2) is 7.43. The van der Waals surface area contributed by atoms with E-state index in [-0.39, 0.29) is 6.61 Å². The van der Waals surface area contributed by atoms with Crippen LogP contribution in [0.2, 0.25) is 5.02 Å². The molecule has 0 fully saturated rings. The molecular weight excluding hydrogens is 322 g/mol. The van der Waals surface area contributed by atoms with Gasteiger partial charge in [0.1, 0.15) is 12.1 Å². The maximum absolute atomic E-state index is 8.96. The molecule has 3 rings (SSSR count). The molecule has 0 atom stereocenters. The van der Waals surface area contributed by atoms with E-state index in [4.69, 9.17) is 16.7 Å². The molecule has 0 radical (unpaired) electrons. The first-order valence-corrected chi connectivity index (χ1v) is 8.09. The number of nitrogens with one attached hydrogen (secondary N) is 1. The lowest BCUT2D eigenvalue weighted by molar-refractivity contribution is 0.299. The molecule has 122 valence electrons. The van der Waals surface area contributed by atoms with Crippen molar-refractivity contribution in [1.29, 1.82) is 0 Å². The molecular formula is C19H18ClN3O. The lowest BCUT2D eigenvalue weighted by Crippen LogP contribution is -1.97. The number of halogens is 1. The molecule has 0 amide bonds. The average Bonchev–Trinajstić information content (AvgIpc) is 2.59. The lowest BCUT2D eigenvalue weighted by atomic mass is 10.1. The summed E-state index contributed by atoms with van der Waals surface area (Å²) in [6.07, 6.45) is 2.20. The standard InChI is InChI=1S/C19H18ClN3O/c1-13-2-5-15(20)10-17(13)18-11-19(22-12-21-18)23-16-6-3-14(4-7-16)8-9-24/h2-7,10-12,24H,8-9H2,1H3,(H,21,22,23). The average molecular weight is 340 g/mol. The number of benzene rings is 2. The fraction of sp³-hybridized carbons (Fsp3) is 0.158. The Balaban J connectivity index is 1.84. The van der Waals surface area contributed by atoms with Crippen LogP contribution in [0.15, 0.2) is 54.9 Å². The third kappa shape index (κ3) is 3.91.